The van der Waals surface area contributed by atoms with Gasteiger partial charge in [0.15, 0.2) is 6.10 Å². The van der Waals surface area contributed by atoms with Gasteiger partial charge in [0, 0.05) is 22.7 Å². The molecule has 3 rings (SSSR count). The van der Waals surface area contributed by atoms with Crippen LogP contribution in [-0.4, -0.2) is 28.4 Å². The minimum atomic E-state index is -4.53. The Bertz CT molecular complexity index is 1050. The molecular formula is C24H26ClF3N2O3. The highest BCUT2D eigenvalue weighted by Gasteiger charge is 2.41. The number of rotatable bonds is 4. The Morgan fingerprint density at radius 2 is 1.85 bits per heavy atom. The van der Waals surface area contributed by atoms with Crippen LogP contribution in [-0.2, 0) is 22.3 Å². The van der Waals surface area contributed by atoms with E-state index in [-0.39, 0.29) is 12.1 Å². The van der Waals surface area contributed by atoms with Gasteiger partial charge in [0.05, 0.1) is 5.56 Å². The van der Waals surface area contributed by atoms with Crippen LogP contribution in [0.15, 0.2) is 42.5 Å². The first kappa shape index (κ1) is 24.9. The molecule has 1 N–H and O–H groups in total. The molecule has 1 heterocycles. The maximum atomic E-state index is 13.5. The predicted molar refractivity (Wildman–Crippen MR) is 119 cm³/mol. The summed E-state index contributed by atoms with van der Waals surface area (Å²) in [5, 5.41) is 3.21. The lowest BCUT2D eigenvalue weighted by atomic mass is 9.99. The number of fused-ring (bicyclic) bond motifs is 1. The van der Waals surface area contributed by atoms with Crippen LogP contribution in [0.2, 0.25) is 5.02 Å². The third-order valence-electron chi connectivity index (χ3n) is 5.13. The number of nitrogens with one attached hydrogen (secondary N) is 1. The molecule has 0 aromatic heterocycles. The number of alkyl halides is 3. The number of hydrogen-bond donors (Lipinski definition) is 1. The molecule has 2 aromatic rings. The Hall–Kier alpha value is -2.74. The molecular weight excluding hydrogens is 457 g/mol. The Balaban J connectivity index is 2.14. The molecule has 1 aliphatic rings. The largest absolute Gasteiger partial charge is 0.480 e. The first-order valence-electron chi connectivity index (χ1n) is 10.5. The molecule has 0 spiro atoms. The van der Waals surface area contributed by atoms with Gasteiger partial charge in [-0.2, -0.15) is 13.2 Å². The minimum Gasteiger partial charge on any atom is -0.480 e. The second kappa shape index (κ2) is 9.25. The summed E-state index contributed by atoms with van der Waals surface area (Å²) in [7, 11) is 0. The average Bonchev–Trinajstić information content (AvgIpc) is 2.81. The van der Waals surface area contributed by atoms with Gasteiger partial charge in [-0.1, -0.05) is 30.7 Å². The summed E-state index contributed by atoms with van der Waals surface area (Å²) in [6.07, 6.45) is -5.12. The number of carbonyl (C=O) groups is 2. The van der Waals surface area contributed by atoms with Crippen molar-refractivity contribution in [3.63, 3.8) is 0 Å². The van der Waals surface area contributed by atoms with E-state index in [0.717, 1.165) is 12.1 Å². The van der Waals surface area contributed by atoms with E-state index in [2.05, 4.69) is 5.32 Å². The Labute approximate surface area is 195 Å². The molecule has 0 saturated heterocycles. The van der Waals surface area contributed by atoms with Gasteiger partial charge in [-0.25, -0.2) is 0 Å². The molecule has 9 heteroatoms. The van der Waals surface area contributed by atoms with E-state index in [1.165, 1.54) is 17.0 Å². The number of nitrogens with zero attached hydrogens (tertiary/aromatic N) is 1. The van der Waals surface area contributed by atoms with Crippen LogP contribution in [0.25, 0.3) is 0 Å². The van der Waals surface area contributed by atoms with Gasteiger partial charge in [0.25, 0.3) is 5.91 Å². The minimum absolute atomic E-state index is 0.212. The fourth-order valence-electron chi connectivity index (χ4n) is 3.71. The van der Waals surface area contributed by atoms with Crippen molar-refractivity contribution in [1.29, 1.82) is 0 Å². The van der Waals surface area contributed by atoms with Crippen molar-refractivity contribution in [2.45, 2.75) is 64.5 Å². The molecule has 2 unspecified atom stereocenters. The summed E-state index contributed by atoms with van der Waals surface area (Å²) in [6.45, 7) is 6.94. The van der Waals surface area contributed by atoms with Crippen molar-refractivity contribution in [2.24, 2.45) is 0 Å². The van der Waals surface area contributed by atoms with Crippen LogP contribution in [0.1, 0.15) is 56.8 Å². The van der Waals surface area contributed by atoms with Crippen LogP contribution >= 0.6 is 11.6 Å². The smallest absolute Gasteiger partial charge is 0.416 e. The Morgan fingerprint density at radius 3 is 2.45 bits per heavy atom. The lowest BCUT2D eigenvalue weighted by molar-refractivity contribution is -0.146. The first-order valence-corrected chi connectivity index (χ1v) is 10.9. The highest BCUT2D eigenvalue weighted by molar-refractivity contribution is 6.30. The number of benzene rings is 2. The van der Waals surface area contributed by atoms with Crippen molar-refractivity contribution in [3.05, 3.63) is 64.2 Å². The second-order valence-electron chi connectivity index (χ2n) is 9.00. The second-order valence-corrected chi connectivity index (χ2v) is 9.44. The third-order valence-corrected chi connectivity index (χ3v) is 5.37. The number of amides is 2. The molecule has 2 amide bonds. The molecule has 0 bridgehead atoms. The summed E-state index contributed by atoms with van der Waals surface area (Å²) in [5.74, 6) is -0.636. The molecule has 2 aromatic carbocycles. The van der Waals surface area contributed by atoms with Gasteiger partial charge >= 0.3 is 6.18 Å². The zero-order valence-corrected chi connectivity index (χ0v) is 19.6. The van der Waals surface area contributed by atoms with Gasteiger partial charge in [0.2, 0.25) is 5.91 Å². The standard InChI is InChI=1S/C24H26ClF3N2O3/c1-5-18-22(32)30(13-14-7-6-8-15(11-14)24(26,27)28)20(21(31)29-23(2,3)4)17-12-16(25)9-10-19(17)33-18/h6-12,18,20H,5,13H2,1-4H3,(H,29,31). The lowest BCUT2D eigenvalue weighted by Gasteiger charge is -2.33. The third kappa shape index (κ3) is 5.79. The molecule has 2 atom stereocenters. The Kier molecular flexibility index (Phi) is 6.98. The zero-order chi connectivity index (χ0) is 24.6. The van der Waals surface area contributed by atoms with Gasteiger partial charge in [-0.05, 0) is 63.1 Å². The highest BCUT2D eigenvalue weighted by Crippen LogP contribution is 2.38. The maximum absolute atomic E-state index is 13.5. The topological polar surface area (TPSA) is 58.6 Å². The van der Waals surface area contributed by atoms with E-state index in [1.54, 1.807) is 45.9 Å². The fourth-order valence-corrected chi connectivity index (χ4v) is 3.90. The van der Waals surface area contributed by atoms with E-state index in [0.29, 0.717) is 22.8 Å². The number of carbonyl (C=O) groups excluding carboxylic acids is 2. The summed E-state index contributed by atoms with van der Waals surface area (Å²) in [5.41, 5.74) is -0.824. The van der Waals surface area contributed by atoms with Crippen molar-refractivity contribution in [2.75, 3.05) is 0 Å². The van der Waals surface area contributed by atoms with Gasteiger partial charge in [0.1, 0.15) is 11.8 Å². The average molecular weight is 483 g/mol. The van der Waals surface area contributed by atoms with Crippen molar-refractivity contribution in [1.82, 2.24) is 10.2 Å². The molecule has 178 valence electrons. The monoisotopic (exact) mass is 482 g/mol. The van der Waals surface area contributed by atoms with E-state index in [1.807, 2.05) is 0 Å². The number of halogens is 4. The van der Waals surface area contributed by atoms with Gasteiger partial charge in [-0.3, -0.25) is 9.59 Å². The van der Waals surface area contributed by atoms with E-state index < -0.39 is 41.2 Å². The Morgan fingerprint density at radius 1 is 1.15 bits per heavy atom. The molecule has 0 saturated carbocycles. The summed E-state index contributed by atoms with van der Waals surface area (Å²) >= 11 is 6.20. The summed E-state index contributed by atoms with van der Waals surface area (Å²) < 4.78 is 45.7. The van der Waals surface area contributed by atoms with Crippen LogP contribution in [0.4, 0.5) is 13.2 Å². The predicted octanol–water partition coefficient (Wildman–Crippen LogP) is 5.51. The molecule has 0 fully saturated rings. The summed E-state index contributed by atoms with van der Waals surface area (Å²) in [4.78, 5) is 28.2. The van der Waals surface area contributed by atoms with Crippen molar-refractivity contribution >= 4 is 23.4 Å². The van der Waals surface area contributed by atoms with Gasteiger partial charge in [-0.15, -0.1) is 0 Å². The number of ether oxygens (including phenoxy) is 1. The first-order chi connectivity index (χ1) is 15.3. The van der Waals surface area contributed by atoms with E-state index in [4.69, 9.17) is 16.3 Å². The summed E-state index contributed by atoms with van der Waals surface area (Å²) in [6, 6.07) is 8.32. The molecule has 0 aliphatic carbocycles. The highest BCUT2D eigenvalue weighted by atomic mass is 35.5. The van der Waals surface area contributed by atoms with Crippen molar-refractivity contribution < 1.29 is 27.5 Å². The normalized spacial score (nSPS) is 18.9. The lowest BCUT2D eigenvalue weighted by Crippen LogP contribution is -2.50. The van der Waals surface area contributed by atoms with E-state index in [9.17, 15) is 22.8 Å². The maximum Gasteiger partial charge on any atom is 0.416 e. The van der Waals surface area contributed by atoms with Gasteiger partial charge < -0.3 is 15.0 Å². The quantitative estimate of drug-likeness (QED) is 0.624. The molecule has 5 nitrogen and oxygen atoms in total. The van der Waals surface area contributed by atoms with Crippen molar-refractivity contribution in [3.8, 4) is 5.75 Å². The number of hydrogen-bond acceptors (Lipinski definition) is 3. The molecule has 33 heavy (non-hydrogen) atoms. The fraction of sp³-hybridized carbons (Fsp3) is 0.417. The van der Waals surface area contributed by atoms with Crippen LogP contribution < -0.4 is 10.1 Å². The molecule has 1 aliphatic heterocycles. The van der Waals surface area contributed by atoms with Crippen LogP contribution in [0, 0.1) is 0 Å². The van der Waals surface area contributed by atoms with Crippen LogP contribution in [0.5, 0.6) is 5.75 Å². The molecule has 0 radical (unpaired) electrons. The SMILES string of the molecule is CCC1Oc2ccc(Cl)cc2C(C(=O)NC(C)(C)C)N(Cc2cccc(C(F)(F)F)c2)C1=O. The van der Waals surface area contributed by atoms with E-state index >= 15 is 0 Å². The van der Waals surface area contributed by atoms with Crippen LogP contribution in [0.3, 0.4) is 0 Å². The zero-order valence-electron chi connectivity index (χ0n) is 18.8.